The third-order valence-corrected chi connectivity index (χ3v) is 4.62. The molecule has 0 fully saturated rings. The molecule has 2 aromatic rings. The lowest BCUT2D eigenvalue weighted by Gasteiger charge is -2.19. The van der Waals surface area contributed by atoms with E-state index < -0.39 is 0 Å². The molecule has 0 aliphatic heterocycles. The first-order valence-electron chi connectivity index (χ1n) is 6.38. The zero-order valence-electron chi connectivity index (χ0n) is 11.4. The molecule has 1 atom stereocenters. The molecule has 2 aromatic carbocycles. The van der Waals surface area contributed by atoms with Gasteiger partial charge in [-0.15, -0.1) is 0 Å². The van der Waals surface area contributed by atoms with Crippen LogP contribution in [0.5, 0.6) is 0 Å². The minimum atomic E-state index is 0.241. The van der Waals surface area contributed by atoms with Gasteiger partial charge in [-0.05, 0) is 61.3 Å². The highest BCUT2D eigenvalue weighted by Crippen LogP contribution is 2.28. The summed E-state index contributed by atoms with van der Waals surface area (Å²) in [4.78, 5) is 0. The van der Waals surface area contributed by atoms with Crippen LogP contribution in [0.1, 0.15) is 22.7 Å². The fourth-order valence-electron chi connectivity index (χ4n) is 2.26. The molecule has 0 spiro atoms. The molecule has 0 radical (unpaired) electrons. The van der Waals surface area contributed by atoms with Crippen LogP contribution in [0.3, 0.4) is 0 Å². The molecule has 0 bridgehead atoms. The van der Waals surface area contributed by atoms with Gasteiger partial charge in [-0.3, -0.25) is 0 Å². The predicted octanol–water partition coefficient (Wildman–Crippen LogP) is 5.57. The van der Waals surface area contributed by atoms with Crippen molar-refractivity contribution in [2.45, 2.75) is 19.4 Å². The van der Waals surface area contributed by atoms with Gasteiger partial charge in [-0.1, -0.05) is 51.3 Å². The van der Waals surface area contributed by atoms with Gasteiger partial charge in [0.2, 0.25) is 0 Å². The predicted molar refractivity (Wildman–Crippen MR) is 90.8 cm³/mol. The first-order valence-corrected chi connectivity index (χ1v) is 7.93. The first-order chi connectivity index (χ1) is 9.51. The molecule has 0 saturated carbocycles. The molecule has 4 heteroatoms. The monoisotopic (exact) mass is 371 g/mol. The topological polar surface area (TPSA) is 12.0 Å². The number of nitrogens with one attached hydrogen (secondary N) is 1. The fraction of sp³-hybridized carbons (Fsp3) is 0.250. The van der Waals surface area contributed by atoms with Crippen molar-refractivity contribution < 1.29 is 0 Å². The summed E-state index contributed by atoms with van der Waals surface area (Å²) in [5, 5.41) is 4.57. The van der Waals surface area contributed by atoms with Crippen LogP contribution < -0.4 is 5.32 Å². The van der Waals surface area contributed by atoms with E-state index in [2.05, 4.69) is 46.4 Å². The van der Waals surface area contributed by atoms with Gasteiger partial charge >= 0.3 is 0 Å². The Morgan fingerprint density at radius 2 is 1.85 bits per heavy atom. The molecule has 0 saturated heterocycles. The quantitative estimate of drug-likeness (QED) is 0.739. The number of hydrogen-bond donors (Lipinski definition) is 1. The molecule has 2 rings (SSSR count). The lowest BCUT2D eigenvalue weighted by molar-refractivity contribution is 0.588. The van der Waals surface area contributed by atoms with Crippen molar-refractivity contribution in [3.63, 3.8) is 0 Å². The summed E-state index contributed by atoms with van der Waals surface area (Å²) in [6.45, 7) is 2.13. The molecule has 0 aromatic heterocycles. The molecule has 1 unspecified atom stereocenters. The van der Waals surface area contributed by atoms with Crippen LogP contribution in [0.25, 0.3) is 0 Å². The van der Waals surface area contributed by atoms with E-state index in [9.17, 15) is 0 Å². The summed E-state index contributed by atoms with van der Waals surface area (Å²) < 4.78 is 1.09. The Bertz CT molecular complexity index is 613. The normalized spacial score (nSPS) is 12.4. The maximum atomic E-state index is 6.08. The Morgan fingerprint density at radius 1 is 1.10 bits per heavy atom. The first kappa shape index (κ1) is 15.8. The van der Waals surface area contributed by atoms with Gasteiger partial charge < -0.3 is 5.32 Å². The number of halogens is 3. The lowest BCUT2D eigenvalue weighted by Crippen LogP contribution is -2.19. The van der Waals surface area contributed by atoms with Gasteiger partial charge in [0.1, 0.15) is 0 Å². The summed E-state index contributed by atoms with van der Waals surface area (Å²) in [5.41, 5.74) is 3.72. The molecule has 0 heterocycles. The molecule has 0 amide bonds. The van der Waals surface area contributed by atoms with Gasteiger partial charge in [-0.25, -0.2) is 0 Å². The van der Waals surface area contributed by atoms with Crippen molar-refractivity contribution in [3.8, 4) is 0 Å². The smallest absolute Gasteiger partial charge is 0.0595 e. The van der Waals surface area contributed by atoms with E-state index in [1.54, 1.807) is 0 Å². The Labute approximate surface area is 138 Å². The van der Waals surface area contributed by atoms with Crippen molar-refractivity contribution in [1.29, 1.82) is 0 Å². The van der Waals surface area contributed by atoms with Gasteiger partial charge in [0.15, 0.2) is 0 Å². The van der Waals surface area contributed by atoms with Crippen molar-refractivity contribution in [2.24, 2.45) is 0 Å². The SMILES string of the molecule is CNC(Cc1ccc(Cl)c(Cl)c1)c1cc(Br)ccc1C. The van der Waals surface area contributed by atoms with E-state index in [-0.39, 0.29) is 6.04 Å². The number of rotatable bonds is 4. The van der Waals surface area contributed by atoms with Crippen LogP contribution in [0, 0.1) is 6.92 Å². The molecular weight excluding hydrogens is 357 g/mol. The molecule has 1 nitrogen and oxygen atoms in total. The van der Waals surface area contributed by atoms with Crippen LogP contribution in [0.4, 0.5) is 0 Å². The van der Waals surface area contributed by atoms with E-state index >= 15 is 0 Å². The highest BCUT2D eigenvalue weighted by atomic mass is 79.9. The average molecular weight is 373 g/mol. The zero-order chi connectivity index (χ0) is 14.7. The van der Waals surface area contributed by atoms with Crippen LogP contribution in [-0.4, -0.2) is 7.05 Å². The van der Waals surface area contributed by atoms with Crippen molar-refractivity contribution in [3.05, 3.63) is 67.6 Å². The number of benzene rings is 2. The molecule has 0 aliphatic carbocycles. The van der Waals surface area contributed by atoms with Gasteiger partial charge in [0.25, 0.3) is 0 Å². The third-order valence-electron chi connectivity index (χ3n) is 3.39. The number of aryl methyl sites for hydroxylation is 1. The fourth-order valence-corrected chi connectivity index (χ4v) is 2.96. The summed E-state index contributed by atoms with van der Waals surface area (Å²) in [5.74, 6) is 0. The Kier molecular flexibility index (Phi) is 5.50. The summed E-state index contributed by atoms with van der Waals surface area (Å²) in [7, 11) is 1.97. The van der Waals surface area contributed by atoms with Crippen molar-refractivity contribution >= 4 is 39.1 Å². The third kappa shape index (κ3) is 3.76. The average Bonchev–Trinajstić information content (AvgIpc) is 2.43. The minimum Gasteiger partial charge on any atom is -0.313 e. The molecule has 1 N–H and O–H groups in total. The largest absolute Gasteiger partial charge is 0.313 e. The Balaban J connectivity index is 2.28. The van der Waals surface area contributed by atoms with E-state index in [0.717, 1.165) is 16.5 Å². The van der Waals surface area contributed by atoms with Crippen molar-refractivity contribution in [2.75, 3.05) is 7.05 Å². The maximum absolute atomic E-state index is 6.08. The van der Waals surface area contributed by atoms with Crippen LogP contribution in [-0.2, 0) is 6.42 Å². The van der Waals surface area contributed by atoms with E-state index in [1.165, 1.54) is 11.1 Å². The van der Waals surface area contributed by atoms with Crippen LogP contribution >= 0.6 is 39.1 Å². The second kappa shape index (κ2) is 6.95. The van der Waals surface area contributed by atoms with Gasteiger partial charge in [0.05, 0.1) is 10.0 Å². The van der Waals surface area contributed by atoms with E-state index in [0.29, 0.717) is 10.0 Å². The highest BCUT2D eigenvalue weighted by Gasteiger charge is 2.13. The summed E-state index contributed by atoms with van der Waals surface area (Å²) in [6, 6.07) is 12.4. The van der Waals surface area contributed by atoms with Gasteiger partial charge in [0, 0.05) is 10.5 Å². The summed E-state index contributed by atoms with van der Waals surface area (Å²) >= 11 is 15.6. The van der Waals surface area contributed by atoms with Crippen LogP contribution in [0.15, 0.2) is 40.9 Å². The second-order valence-electron chi connectivity index (χ2n) is 4.79. The Morgan fingerprint density at radius 3 is 2.50 bits per heavy atom. The zero-order valence-corrected chi connectivity index (χ0v) is 14.5. The minimum absolute atomic E-state index is 0.241. The number of hydrogen-bond acceptors (Lipinski definition) is 1. The van der Waals surface area contributed by atoms with E-state index in [1.807, 2.05) is 25.2 Å². The lowest BCUT2D eigenvalue weighted by atomic mass is 9.95. The molecule has 106 valence electrons. The highest BCUT2D eigenvalue weighted by molar-refractivity contribution is 9.10. The van der Waals surface area contributed by atoms with E-state index in [4.69, 9.17) is 23.2 Å². The van der Waals surface area contributed by atoms with Crippen molar-refractivity contribution in [1.82, 2.24) is 5.32 Å². The maximum Gasteiger partial charge on any atom is 0.0595 e. The van der Waals surface area contributed by atoms with Crippen LogP contribution in [0.2, 0.25) is 10.0 Å². The molecule has 0 aliphatic rings. The molecular formula is C16H16BrCl2N. The molecule has 20 heavy (non-hydrogen) atoms. The Hall–Kier alpha value is -0.540. The number of likely N-dealkylation sites (N-methyl/N-ethyl adjacent to an activating group) is 1. The summed E-state index contributed by atoms with van der Waals surface area (Å²) in [6.07, 6.45) is 0.866. The second-order valence-corrected chi connectivity index (χ2v) is 6.52. The standard InChI is InChI=1S/C16H16BrCl2N/c1-10-3-5-12(17)9-13(10)16(20-2)8-11-4-6-14(18)15(19)7-11/h3-7,9,16,20H,8H2,1-2H3. The van der Waals surface area contributed by atoms with Gasteiger partial charge in [-0.2, -0.15) is 0 Å².